The largest absolute Gasteiger partial charge is 0.497 e. The number of anilines is 1. The third-order valence-corrected chi connectivity index (χ3v) is 4.51. The number of hydrogen-bond acceptors (Lipinski definition) is 2. The van der Waals surface area contributed by atoms with Crippen molar-refractivity contribution >= 4 is 5.69 Å². The van der Waals surface area contributed by atoms with Crippen LogP contribution in [0.2, 0.25) is 0 Å². The highest BCUT2D eigenvalue weighted by atomic mass is 16.5. The highest BCUT2D eigenvalue weighted by Gasteiger charge is 2.40. The highest BCUT2D eigenvalue weighted by molar-refractivity contribution is 5.67. The molecule has 0 fully saturated rings. The fourth-order valence-electron chi connectivity index (χ4n) is 3.66. The van der Waals surface area contributed by atoms with Crippen molar-refractivity contribution in [3.8, 4) is 5.75 Å². The van der Waals surface area contributed by atoms with E-state index >= 15 is 0 Å². The molecular formula is C17H17NO. The molecule has 2 aromatic carbocycles. The zero-order valence-electron chi connectivity index (χ0n) is 11.2. The molecule has 2 nitrogen and oxygen atoms in total. The number of para-hydroxylation sites is 1. The number of hydrogen-bond donors (Lipinski definition) is 1. The molecular weight excluding hydrogens is 234 g/mol. The fraction of sp³-hybridized carbons (Fsp3) is 0.294. The number of rotatable bonds is 1. The second-order valence-electron chi connectivity index (χ2n) is 5.53. The van der Waals surface area contributed by atoms with E-state index in [1.54, 1.807) is 7.11 Å². The molecule has 0 saturated carbocycles. The molecule has 1 aliphatic heterocycles. The number of benzene rings is 2. The van der Waals surface area contributed by atoms with Crippen LogP contribution in [0.5, 0.6) is 5.75 Å². The Kier molecular flexibility index (Phi) is 2.16. The van der Waals surface area contributed by atoms with Crippen LogP contribution in [0.4, 0.5) is 5.69 Å². The zero-order chi connectivity index (χ0) is 13.0. The molecule has 0 saturated heterocycles. The monoisotopic (exact) mass is 251 g/mol. The molecule has 1 heterocycles. The molecule has 0 spiro atoms. The molecule has 2 aliphatic rings. The summed E-state index contributed by atoms with van der Waals surface area (Å²) >= 11 is 0. The summed E-state index contributed by atoms with van der Waals surface area (Å²) in [5.74, 6) is 1.46. The van der Waals surface area contributed by atoms with Crippen molar-refractivity contribution in [1.29, 1.82) is 0 Å². The molecule has 2 atom stereocenters. The summed E-state index contributed by atoms with van der Waals surface area (Å²) in [5.41, 5.74) is 7.02. The predicted octanol–water partition coefficient (Wildman–Crippen LogP) is 3.49. The van der Waals surface area contributed by atoms with Crippen LogP contribution in [0.15, 0.2) is 36.4 Å². The predicted molar refractivity (Wildman–Crippen MR) is 77.1 cm³/mol. The lowest BCUT2D eigenvalue weighted by Gasteiger charge is -2.13. The summed E-state index contributed by atoms with van der Waals surface area (Å²) in [6, 6.07) is 13.5. The van der Waals surface area contributed by atoms with Gasteiger partial charge in [0.2, 0.25) is 0 Å². The topological polar surface area (TPSA) is 21.3 Å². The molecule has 1 aliphatic carbocycles. The first-order valence-corrected chi connectivity index (χ1v) is 6.81. The molecule has 0 amide bonds. The molecule has 19 heavy (non-hydrogen) atoms. The van der Waals surface area contributed by atoms with Crippen LogP contribution in [-0.2, 0) is 6.42 Å². The van der Waals surface area contributed by atoms with Gasteiger partial charge in [-0.3, -0.25) is 0 Å². The summed E-state index contributed by atoms with van der Waals surface area (Å²) in [7, 11) is 1.74. The average molecular weight is 251 g/mol. The number of fused-ring (bicyclic) bond motifs is 5. The van der Waals surface area contributed by atoms with Crippen LogP contribution in [0, 0.1) is 6.92 Å². The summed E-state index contributed by atoms with van der Waals surface area (Å²) in [6.07, 6.45) is 1.12. The van der Waals surface area contributed by atoms with Crippen LogP contribution in [0.25, 0.3) is 0 Å². The molecule has 2 aromatic rings. The van der Waals surface area contributed by atoms with E-state index in [9.17, 15) is 0 Å². The standard InChI is InChI=1S/C17H17NO/c1-10-7-11(19-2)8-14-13(10)9-16-17(14)12-5-3-4-6-15(12)18-16/h3-8,16-18H,9H2,1-2H3/t16-,17+/m0/s1. The minimum Gasteiger partial charge on any atom is -0.497 e. The van der Waals surface area contributed by atoms with Crippen LogP contribution in [0.1, 0.15) is 28.2 Å². The van der Waals surface area contributed by atoms with Gasteiger partial charge in [-0.2, -0.15) is 0 Å². The Labute approximate surface area is 113 Å². The Morgan fingerprint density at radius 2 is 2.00 bits per heavy atom. The Bertz CT molecular complexity index is 662. The Hall–Kier alpha value is -1.96. The number of nitrogens with one attached hydrogen (secondary N) is 1. The lowest BCUT2D eigenvalue weighted by molar-refractivity contribution is 0.414. The van der Waals surface area contributed by atoms with Gasteiger partial charge in [0.05, 0.1) is 7.11 Å². The summed E-state index contributed by atoms with van der Waals surface area (Å²) in [4.78, 5) is 0. The van der Waals surface area contributed by atoms with Gasteiger partial charge in [-0.15, -0.1) is 0 Å². The van der Waals surface area contributed by atoms with E-state index < -0.39 is 0 Å². The van der Waals surface area contributed by atoms with E-state index in [4.69, 9.17) is 4.74 Å². The van der Waals surface area contributed by atoms with Gasteiger partial charge in [-0.1, -0.05) is 18.2 Å². The van der Waals surface area contributed by atoms with E-state index in [1.165, 1.54) is 27.9 Å². The maximum atomic E-state index is 5.44. The van der Waals surface area contributed by atoms with Crippen molar-refractivity contribution in [2.45, 2.75) is 25.3 Å². The van der Waals surface area contributed by atoms with Crippen LogP contribution in [-0.4, -0.2) is 13.2 Å². The first-order valence-electron chi connectivity index (χ1n) is 6.81. The molecule has 1 N–H and O–H groups in total. The normalized spacial score (nSPS) is 22.4. The van der Waals surface area contributed by atoms with Crippen LogP contribution >= 0.6 is 0 Å². The highest BCUT2D eigenvalue weighted by Crippen LogP contribution is 2.48. The Morgan fingerprint density at radius 3 is 2.84 bits per heavy atom. The van der Waals surface area contributed by atoms with Crippen LogP contribution < -0.4 is 10.1 Å². The van der Waals surface area contributed by atoms with E-state index in [2.05, 4.69) is 48.6 Å². The molecule has 96 valence electrons. The first-order chi connectivity index (χ1) is 9.28. The lowest BCUT2D eigenvalue weighted by Crippen LogP contribution is -2.17. The van der Waals surface area contributed by atoms with E-state index in [0.29, 0.717) is 12.0 Å². The third kappa shape index (κ3) is 1.43. The maximum Gasteiger partial charge on any atom is 0.119 e. The second-order valence-corrected chi connectivity index (χ2v) is 5.53. The number of aryl methyl sites for hydroxylation is 1. The van der Waals surface area contributed by atoms with E-state index in [-0.39, 0.29) is 0 Å². The van der Waals surface area contributed by atoms with E-state index in [1.807, 2.05) is 0 Å². The Morgan fingerprint density at radius 1 is 1.16 bits per heavy atom. The van der Waals surface area contributed by atoms with Gasteiger partial charge < -0.3 is 10.1 Å². The first kappa shape index (κ1) is 10.9. The van der Waals surface area contributed by atoms with Crippen molar-refractivity contribution in [1.82, 2.24) is 0 Å². The maximum absolute atomic E-state index is 5.44. The molecule has 2 heteroatoms. The SMILES string of the molecule is COc1cc(C)c2c(c1)[C@H]1c3ccccc3N[C@H]1C2. The van der Waals surface area contributed by atoms with Crippen molar-refractivity contribution < 1.29 is 4.74 Å². The summed E-state index contributed by atoms with van der Waals surface area (Å²) in [6.45, 7) is 2.19. The van der Waals surface area contributed by atoms with Gasteiger partial charge >= 0.3 is 0 Å². The summed E-state index contributed by atoms with van der Waals surface area (Å²) < 4.78 is 5.44. The fourth-order valence-corrected chi connectivity index (χ4v) is 3.66. The van der Waals surface area contributed by atoms with Gasteiger partial charge in [0, 0.05) is 17.6 Å². The summed E-state index contributed by atoms with van der Waals surface area (Å²) in [5, 5.41) is 3.67. The van der Waals surface area contributed by atoms with E-state index in [0.717, 1.165) is 12.2 Å². The van der Waals surface area contributed by atoms with Gasteiger partial charge in [-0.05, 0) is 53.8 Å². The van der Waals surface area contributed by atoms with Crippen LogP contribution in [0.3, 0.4) is 0 Å². The minimum absolute atomic E-state index is 0.486. The quantitative estimate of drug-likeness (QED) is 0.837. The average Bonchev–Trinajstić information content (AvgIpc) is 2.95. The van der Waals surface area contributed by atoms with Crippen molar-refractivity contribution in [3.05, 3.63) is 58.7 Å². The van der Waals surface area contributed by atoms with Crippen molar-refractivity contribution in [2.75, 3.05) is 12.4 Å². The third-order valence-electron chi connectivity index (χ3n) is 4.51. The molecule has 0 bridgehead atoms. The Balaban J connectivity index is 1.91. The van der Waals surface area contributed by atoms with Gasteiger partial charge in [-0.25, -0.2) is 0 Å². The smallest absolute Gasteiger partial charge is 0.119 e. The number of methoxy groups -OCH3 is 1. The van der Waals surface area contributed by atoms with Gasteiger partial charge in [0.25, 0.3) is 0 Å². The molecule has 0 aromatic heterocycles. The van der Waals surface area contributed by atoms with Crippen molar-refractivity contribution in [3.63, 3.8) is 0 Å². The number of ether oxygens (including phenoxy) is 1. The molecule has 4 rings (SSSR count). The zero-order valence-corrected chi connectivity index (χ0v) is 11.2. The lowest BCUT2D eigenvalue weighted by atomic mass is 9.92. The van der Waals surface area contributed by atoms with Gasteiger partial charge in [0.15, 0.2) is 0 Å². The second kappa shape index (κ2) is 3.77. The van der Waals surface area contributed by atoms with Gasteiger partial charge in [0.1, 0.15) is 5.75 Å². The molecule has 0 radical (unpaired) electrons. The van der Waals surface area contributed by atoms with Crippen molar-refractivity contribution in [2.24, 2.45) is 0 Å². The molecule has 0 unspecified atom stereocenters. The minimum atomic E-state index is 0.486.